The summed E-state index contributed by atoms with van der Waals surface area (Å²) in [6.45, 7) is 4.14. The number of amides is 2. The zero-order chi connectivity index (χ0) is 20.1. The van der Waals surface area contributed by atoms with Gasteiger partial charge in [0.05, 0.1) is 0 Å². The highest BCUT2D eigenvalue weighted by atomic mass is 16.2. The minimum Gasteiger partial charge on any atom is -0.342 e. The number of rotatable bonds is 6. The number of hydrogen-bond acceptors (Lipinski definition) is 4. The molecule has 28 heavy (non-hydrogen) atoms. The summed E-state index contributed by atoms with van der Waals surface area (Å²) in [5.41, 5.74) is 7.24. The molecule has 2 aliphatic heterocycles. The van der Waals surface area contributed by atoms with Crippen molar-refractivity contribution in [3.63, 3.8) is 0 Å². The van der Waals surface area contributed by atoms with Gasteiger partial charge in [-0.1, -0.05) is 30.3 Å². The van der Waals surface area contributed by atoms with Crippen LogP contribution in [0.2, 0.25) is 0 Å². The van der Waals surface area contributed by atoms with Crippen molar-refractivity contribution in [3.05, 3.63) is 35.9 Å². The van der Waals surface area contributed by atoms with Gasteiger partial charge >= 0.3 is 0 Å². The van der Waals surface area contributed by atoms with Gasteiger partial charge in [0.2, 0.25) is 11.8 Å². The maximum absolute atomic E-state index is 12.8. The molecule has 3 rings (SSSR count). The highest BCUT2D eigenvalue weighted by Gasteiger charge is 2.42. The minimum absolute atomic E-state index is 0.00998. The molecule has 1 aromatic carbocycles. The van der Waals surface area contributed by atoms with Crippen LogP contribution in [-0.4, -0.2) is 73.3 Å². The molecule has 2 amide bonds. The summed E-state index contributed by atoms with van der Waals surface area (Å²) in [4.78, 5) is 31.3. The van der Waals surface area contributed by atoms with Gasteiger partial charge in [0.1, 0.15) is 6.04 Å². The van der Waals surface area contributed by atoms with E-state index in [1.165, 1.54) is 0 Å². The van der Waals surface area contributed by atoms with Crippen LogP contribution in [0.25, 0.3) is 0 Å². The third kappa shape index (κ3) is 4.92. The third-order valence-corrected chi connectivity index (χ3v) is 6.34. The zero-order valence-electron chi connectivity index (χ0n) is 17.3. The van der Waals surface area contributed by atoms with Crippen LogP contribution >= 0.6 is 0 Å². The monoisotopic (exact) mass is 386 g/mol. The topological polar surface area (TPSA) is 69.9 Å². The van der Waals surface area contributed by atoms with Crippen LogP contribution in [0.1, 0.15) is 43.7 Å². The fourth-order valence-electron chi connectivity index (χ4n) is 4.49. The largest absolute Gasteiger partial charge is 0.342 e. The molecule has 2 fully saturated rings. The second-order valence-corrected chi connectivity index (χ2v) is 8.69. The van der Waals surface area contributed by atoms with Gasteiger partial charge in [-0.3, -0.25) is 9.59 Å². The first-order chi connectivity index (χ1) is 13.4. The summed E-state index contributed by atoms with van der Waals surface area (Å²) in [5.74, 6) is 0.296. The van der Waals surface area contributed by atoms with Crippen LogP contribution in [0.4, 0.5) is 0 Å². The highest BCUT2D eigenvalue weighted by molar-refractivity contribution is 5.83. The number of hydrogen-bond donors (Lipinski definition) is 1. The van der Waals surface area contributed by atoms with Crippen LogP contribution in [0.5, 0.6) is 0 Å². The Morgan fingerprint density at radius 2 is 1.86 bits per heavy atom. The zero-order valence-corrected chi connectivity index (χ0v) is 17.3. The lowest BCUT2D eigenvalue weighted by atomic mass is 9.72. The van der Waals surface area contributed by atoms with E-state index in [0.717, 1.165) is 64.0 Å². The van der Waals surface area contributed by atoms with Gasteiger partial charge in [-0.25, -0.2) is 0 Å². The quantitative estimate of drug-likeness (QED) is 0.810. The molecule has 0 aliphatic carbocycles. The van der Waals surface area contributed by atoms with Crippen molar-refractivity contribution in [2.75, 3.05) is 46.8 Å². The third-order valence-electron chi connectivity index (χ3n) is 6.34. The summed E-state index contributed by atoms with van der Waals surface area (Å²) in [5, 5.41) is 0. The minimum atomic E-state index is -0.592. The molecule has 0 aromatic heterocycles. The first-order valence-electron chi connectivity index (χ1n) is 10.4. The van der Waals surface area contributed by atoms with Gasteiger partial charge in [0.25, 0.3) is 0 Å². The van der Waals surface area contributed by atoms with Crippen molar-refractivity contribution in [1.29, 1.82) is 0 Å². The second kappa shape index (κ2) is 9.05. The first kappa shape index (κ1) is 20.8. The molecular formula is C22H34N4O2. The van der Waals surface area contributed by atoms with E-state index in [2.05, 4.69) is 23.9 Å². The van der Waals surface area contributed by atoms with E-state index < -0.39 is 6.04 Å². The van der Waals surface area contributed by atoms with Gasteiger partial charge in [-0.2, -0.15) is 0 Å². The summed E-state index contributed by atoms with van der Waals surface area (Å²) in [6, 6.07) is 8.99. The predicted molar refractivity (Wildman–Crippen MR) is 111 cm³/mol. The lowest BCUT2D eigenvalue weighted by Crippen LogP contribution is -2.53. The van der Waals surface area contributed by atoms with Gasteiger partial charge in [-0.15, -0.1) is 0 Å². The summed E-state index contributed by atoms with van der Waals surface area (Å²) in [6.07, 6.45) is 4.50. The SMILES string of the molecule is CN(C)CCCN1CC2(CCC1=O)CCN(C(=O)[C@@H](N)c1ccccc1)CC2. The Kier molecular flexibility index (Phi) is 6.73. The van der Waals surface area contributed by atoms with E-state index in [0.29, 0.717) is 6.42 Å². The van der Waals surface area contributed by atoms with Crippen molar-refractivity contribution in [2.45, 2.75) is 38.1 Å². The Bertz CT molecular complexity index is 668. The Morgan fingerprint density at radius 3 is 2.50 bits per heavy atom. The first-order valence-corrected chi connectivity index (χ1v) is 10.4. The Balaban J connectivity index is 1.54. The number of nitrogens with zero attached hydrogens (tertiary/aromatic N) is 3. The van der Waals surface area contributed by atoms with E-state index in [1.807, 2.05) is 35.2 Å². The van der Waals surface area contributed by atoms with Crippen molar-refractivity contribution < 1.29 is 9.59 Å². The number of carbonyl (C=O) groups excluding carboxylic acids is 2. The maximum Gasteiger partial charge on any atom is 0.244 e. The average Bonchev–Trinajstić information content (AvgIpc) is 2.71. The van der Waals surface area contributed by atoms with Crippen LogP contribution in [0.3, 0.4) is 0 Å². The van der Waals surface area contributed by atoms with Crippen LogP contribution in [0.15, 0.2) is 30.3 Å². The Hall–Kier alpha value is -1.92. The van der Waals surface area contributed by atoms with Crippen LogP contribution < -0.4 is 5.73 Å². The van der Waals surface area contributed by atoms with E-state index >= 15 is 0 Å². The van der Waals surface area contributed by atoms with E-state index in [9.17, 15) is 9.59 Å². The number of benzene rings is 1. The summed E-state index contributed by atoms with van der Waals surface area (Å²) in [7, 11) is 4.12. The van der Waals surface area contributed by atoms with Gasteiger partial charge in [0, 0.05) is 32.6 Å². The predicted octanol–water partition coefficient (Wildman–Crippen LogP) is 1.87. The van der Waals surface area contributed by atoms with Crippen molar-refractivity contribution in [1.82, 2.24) is 14.7 Å². The molecule has 1 atom stereocenters. The van der Waals surface area contributed by atoms with Gasteiger partial charge < -0.3 is 20.4 Å². The molecule has 0 unspecified atom stereocenters. The molecular weight excluding hydrogens is 352 g/mol. The summed E-state index contributed by atoms with van der Waals surface area (Å²) < 4.78 is 0. The van der Waals surface area contributed by atoms with Crippen LogP contribution in [0, 0.1) is 5.41 Å². The molecule has 1 spiro atoms. The average molecular weight is 387 g/mol. The molecule has 2 N–H and O–H groups in total. The molecule has 0 bridgehead atoms. The van der Waals surface area contributed by atoms with E-state index in [4.69, 9.17) is 5.73 Å². The Labute approximate surface area is 168 Å². The normalized spacial score (nSPS) is 20.6. The molecule has 6 heteroatoms. The van der Waals surface area contributed by atoms with Gasteiger partial charge in [-0.05, 0) is 57.3 Å². The standard InChI is InChI=1S/C22H34N4O2/c1-24(2)13-6-14-26-17-22(10-9-19(26)27)11-15-25(16-12-22)21(28)20(23)18-7-4-3-5-8-18/h3-5,7-8,20H,6,9-17,23H2,1-2H3/t20-/m0/s1. The van der Waals surface area contributed by atoms with E-state index in [1.54, 1.807) is 0 Å². The highest BCUT2D eigenvalue weighted by Crippen LogP contribution is 2.40. The molecule has 2 heterocycles. The number of carbonyl (C=O) groups is 2. The number of piperidine rings is 2. The molecule has 1 aromatic rings. The molecule has 0 radical (unpaired) electrons. The molecule has 2 aliphatic rings. The molecule has 6 nitrogen and oxygen atoms in total. The van der Waals surface area contributed by atoms with Crippen molar-refractivity contribution >= 4 is 11.8 Å². The van der Waals surface area contributed by atoms with Crippen molar-refractivity contribution in [3.8, 4) is 0 Å². The fraction of sp³-hybridized carbons (Fsp3) is 0.636. The maximum atomic E-state index is 12.8. The van der Waals surface area contributed by atoms with Gasteiger partial charge in [0.15, 0.2) is 0 Å². The van der Waals surface area contributed by atoms with Crippen LogP contribution in [-0.2, 0) is 9.59 Å². The number of likely N-dealkylation sites (tertiary alicyclic amines) is 2. The van der Waals surface area contributed by atoms with E-state index in [-0.39, 0.29) is 17.2 Å². The lowest BCUT2D eigenvalue weighted by molar-refractivity contribution is -0.143. The Morgan fingerprint density at radius 1 is 1.18 bits per heavy atom. The second-order valence-electron chi connectivity index (χ2n) is 8.69. The smallest absolute Gasteiger partial charge is 0.244 e. The summed E-state index contributed by atoms with van der Waals surface area (Å²) >= 11 is 0. The lowest BCUT2D eigenvalue weighted by Gasteiger charge is -2.47. The van der Waals surface area contributed by atoms with Crippen molar-refractivity contribution in [2.24, 2.45) is 11.1 Å². The molecule has 0 saturated carbocycles. The fourth-order valence-corrected chi connectivity index (χ4v) is 4.49. The molecule has 154 valence electrons. The number of nitrogens with two attached hydrogens (primary N) is 1. The molecule has 2 saturated heterocycles.